The summed E-state index contributed by atoms with van der Waals surface area (Å²) in [6.07, 6.45) is 64.6. The number of unbranched alkanes of at least 4 members (excludes halogenated alkanes) is 25. The van der Waals surface area contributed by atoms with E-state index in [1.165, 1.54) is 96.3 Å². The summed E-state index contributed by atoms with van der Waals surface area (Å²) in [5.41, 5.74) is 0. The Morgan fingerprint density at radius 2 is 0.667 bits per heavy atom. The molecule has 0 bridgehead atoms. The van der Waals surface area contributed by atoms with E-state index in [4.69, 9.17) is 14.2 Å². The van der Waals surface area contributed by atoms with E-state index >= 15 is 0 Å². The molecular formula is C57H98O6. The molecule has 0 aliphatic carbocycles. The van der Waals surface area contributed by atoms with Crippen molar-refractivity contribution < 1.29 is 28.6 Å². The molecule has 0 saturated heterocycles. The maximum atomic E-state index is 12.8. The van der Waals surface area contributed by atoms with Crippen LogP contribution in [0.5, 0.6) is 0 Å². The van der Waals surface area contributed by atoms with Gasteiger partial charge in [-0.25, -0.2) is 0 Å². The van der Waals surface area contributed by atoms with Crippen molar-refractivity contribution in [2.24, 2.45) is 0 Å². The Morgan fingerprint density at radius 1 is 0.349 bits per heavy atom. The summed E-state index contributed by atoms with van der Waals surface area (Å²) in [7, 11) is 0. The molecule has 0 rings (SSSR count). The number of esters is 3. The second-order valence-corrected chi connectivity index (χ2v) is 17.4. The van der Waals surface area contributed by atoms with Crippen LogP contribution in [0.3, 0.4) is 0 Å². The molecule has 63 heavy (non-hydrogen) atoms. The number of carbonyl (C=O) groups is 3. The van der Waals surface area contributed by atoms with Gasteiger partial charge in [-0.1, -0.05) is 203 Å². The van der Waals surface area contributed by atoms with E-state index in [0.717, 1.165) is 116 Å². The third-order valence-corrected chi connectivity index (χ3v) is 11.2. The van der Waals surface area contributed by atoms with Crippen LogP contribution in [0.15, 0.2) is 72.9 Å². The van der Waals surface area contributed by atoms with Gasteiger partial charge in [0.2, 0.25) is 0 Å². The van der Waals surface area contributed by atoms with Crippen LogP contribution in [0.25, 0.3) is 0 Å². The van der Waals surface area contributed by atoms with Gasteiger partial charge in [0.1, 0.15) is 13.2 Å². The topological polar surface area (TPSA) is 78.9 Å². The Bertz CT molecular complexity index is 1190. The van der Waals surface area contributed by atoms with Crippen molar-refractivity contribution in [3.63, 3.8) is 0 Å². The zero-order valence-electron chi connectivity index (χ0n) is 41.3. The van der Waals surface area contributed by atoms with E-state index in [0.29, 0.717) is 19.3 Å². The SMILES string of the molecule is CC/C=C\C/C=C\CCCCCCCC(=O)OCC(COC(=O)CCCCCCCCC/C=C\C/C=C\CCCCC)OC(=O)CCCCC/C=C\C=C/CCCCCCCCC. The predicted molar refractivity (Wildman–Crippen MR) is 270 cm³/mol. The summed E-state index contributed by atoms with van der Waals surface area (Å²) in [6.45, 7) is 6.46. The molecule has 362 valence electrons. The molecule has 6 nitrogen and oxygen atoms in total. The van der Waals surface area contributed by atoms with Crippen LogP contribution in [0.1, 0.15) is 252 Å². The second kappa shape index (κ2) is 51.5. The highest BCUT2D eigenvalue weighted by molar-refractivity contribution is 5.71. The summed E-state index contributed by atoms with van der Waals surface area (Å²) >= 11 is 0. The average Bonchev–Trinajstić information content (AvgIpc) is 3.28. The van der Waals surface area contributed by atoms with Crippen molar-refractivity contribution >= 4 is 17.9 Å². The lowest BCUT2D eigenvalue weighted by Gasteiger charge is -2.18. The maximum absolute atomic E-state index is 12.8. The molecule has 0 N–H and O–H groups in total. The van der Waals surface area contributed by atoms with Crippen LogP contribution in [0.4, 0.5) is 0 Å². The monoisotopic (exact) mass is 879 g/mol. The van der Waals surface area contributed by atoms with Gasteiger partial charge >= 0.3 is 17.9 Å². The number of hydrogen-bond donors (Lipinski definition) is 0. The third kappa shape index (κ3) is 49.7. The van der Waals surface area contributed by atoms with Crippen LogP contribution < -0.4 is 0 Å². The van der Waals surface area contributed by atoms with Gasteiger partial charge in [0.25, 0.3) is 0 Å². The summed E-state index contributed by atoms with van der Waals surface area (Å²) in [6, 6.07) is 0. The molecule has 0 aromatic heterocycles. The van der Waals surface area contributed by atoms with E-state index in [1.54, 1.807) is 0 Å². The Balaban J connectivity index is 4.44. The molecule has 6 heteroatoms. The molecule has 0 amide bonds. The predicted octanol–water partition coefficient (Wildman–Crippen LogP) is 17.4. The van der Waals surface area contributed by atoms with Crippen molar-refractivity contribution in [2.45, 2.75) is 258 Å². The van der Waals surface area contributed by atoms with Crippen molar-refractivity contribution in [2.75, 3.05) is 13.2 Å². The summed E-state index contributed by atoms with van der Waals surface area (Å²) < 4.78 is 16.8. The molecule has 0 aromatic carbocycles. The van der Waals surface area contributed by atoms with Crippen molar-refractivity contribution in [3.05, 3.63) is 72.9 Å². The van der Waals surface area contributed by atoms with Crippen LogP contribution in [-0.4, -0.2) is 37.2 Å². The molecule has 0 saturated carbocycles. The first-order valence-electron chi connectivity index (χ1n) is 26.5. The molecule has 1 atom stereocenters. The summed E-state index contributed by atoms with van der Waals surface area (Å²) in [4.78, 5) is 38.0. The largest absolute Gasteiger partial charge is 0.462 e. The molecule has 0 fully saturated rings. The summed E-state index contributed by atoms with van der Waals surface area (Å²) in [5.74, 6) is -0.942. The van der Waals surface area contributed by atoms with Crippen LogP contribution in [0, 0.1) is 0 Å². The highest BCUT2D eigenvalue weighted by Crippen LogP contribution is 2.14. The van der Waals surface area contributed by atoms with Crippen molar-refractivity contribution in [1.82, 2.24) is 0 Å². The van der Waals surface area contributed by atoms with Crippen molar-refractivity contribution in [3.8, 4) is 0 Å². The van der Waals surface area contributed by atoms with Crippen LogP contribution >= 0.6 is 0 Å². The normalized spacial score (nSPS) is 12.6. The molecule has 0 heterocycles. The lowest BCUT2D eigenvalue weighted by Crippen LogP contribution is -2.30. The van der Waals surface area contributed by atoms with Crippen LogP contribution in [0.2, 0.25) is 0 Å². The molecule has 0 aliphatic rings. The van der Waals surface area contributed by atoms with Gasteiger partial charge in [0.15, 0.2) is 6.10 Å². The Kier molecular flexibility index (Phi) is 48.9. The zero-order chi connectivity index (χ0) is 45.8. The smallest absolute Gasteiger partial charge is 0.306 e. The first-order valence-corrected chi connectivity index (χ1v) is 26.5. The highest BCUT2D eigenvalue weighted by Gasteiger charge is 2.19. The van der Waals surface area contributed by atoms with Gasteiger partial charge in [0, 0.05) is 19.3 Å². The fraction of sp³-hybridized carbons (Fsp3) is 0.737. The molecule has 0 aliphatic heterocycles. The van der Waals surface area contributed by atoms with Gasteiger partial charge < -0.3 is 14.2 Å². The number of ether oxygens (including phenoxy) is 3. The molecule has 0 aromatic rings. The minimum absolute atomic E-state index is 0.0951. The van der Waals surface area contributed by atoms with E-state index in [1.807, 2.05) is 0 Å². The average molecular weight is 879 g/mol. The minimum atomic E-state index is -0.798. The lowest BCUT2D eigenvalue weighted by molar-refractivity contribution is -0.167. The van der Waals surface area contributed by atoms with Gasteiger partial charge in [-0.2, -0.15) is 0 Å². The van der Waals surface area contributed by atoms with Gasteiger partial charge in [0.05, 0.1) is 0 Å². The number of hydrogen-bond acceptors (Lipinski definition) is 6. The Morgan fingerprint density at radius 3 is 1.10 bits per heavy atom. The summed E-state index contributed by atoms with van der Waals surface area (Å²) in [5, 5.41) is 0. The molecule has 0 radical (unpaired) electrons. The maximum Gasteiger partial charge on any atom is 0.306 e. The highest BCUT2D eigenvalue weighted by atomic mass is 16.6. The number of allylic oxidation sites excluding steroid dienone is 12. The van der Waals surface area contributed by atoms with E-state index in [9.17, 15) is 14.4 Å². The zero-order valence-corrected chi connectivity index (χ0v) is 41.3. The van der Waals surface area contributed by atoms with Crippen LogP contribution in [-0.2, 0) is 28.6 Å². The van der Waals surface area contributed by atoms with E-state index < -0.39 is 6.10 Å². The van der Waals surface area contributed by atoms with Gasteiger partial charge in [-0.15, -0.1) is 0 Å². The second-order valence-electron chi connectivity index (χ2n) is 17.4. The van der Waals surface area contributed by atoms with Gasteiger partial charge in [-0.05, 0) is 103 Å². The third-order valence-electron chi connectivity index (χ3n) is 11.2. The fourth-order valence-electron chi connectivity index (χ4n) is 7.21. The quantitative estimate of drug-likeness (QED) is 0.0199. The van der Waals surface area contributed by atoms with Gasteiger partial charge in [-0.3, -0.25) is 14.4 Å². The first-order chi connectivity index (χ1) is 31.0. The number of carbonyl (C=O) groups excluding carboxylic acids is 3. The van der Waals surface area contributed by atoms with E-state index in [-0.39, 0.29) is 31.1 Å². The molecule has 1 unspecified atom stereocenters. The van der Waals surface area contributed by atoms with Crippen molar-refractivity contribution in [1.29, 1.82) is 0 Å². The van der Waals surface area contributed by atoms with E-state index in [2.05, 4.69) is 93.7 Å². The minimum Gasteiger partial charge on any atom is -0.462 e. The lowest BCUT2D eigenvalue weighted by atomic mass is 10.1. The Labute approximate surface area is 389 Å². The number of rotatable bonds is 47. The standard InChI is InChI=1S/C57H98O6/c1-4-7-10-13-16-19-22-25-27-29-31-32-35-38-41-44-47-50-56(59)62-53-54(52-61-55(58)49-46-43-40-37-34-24-21-18-15-12-9-6-3)63-57(60)51-48-45-42-39-36-33-30-28-26-23-20-17-14-11-8-5-2/h9,12,16,18-19,21,25,27-28,30,33,36,54H,4-8,10-11,13-15,17,20,22-24,26,29,31-32,34-35,37-53H2,1-3H3/b12-9-,19-16-,21-18-,27-25-,30-28-,36-33-. The molecular weight excluding hydrogens is 781 g/mol. The fourth-order valence-corrected chi connectivity index (χ4v) is 7.21. The Hall–Kier alpha value is -3.15. The first kappa shape index (κ1) is 59.9. The molecule has 0 spiro atoms.